The summed E-state index contributed by atoms with van der Waals surface area (Å²) < 4.78 is 11.0. The predicted molar refractivity (Wildman–Crippen MR) is 77.3 cm³/mol. The third-order valence-corrected chi connectivity index (χ3v) is 2.64. The zero-order valence-electron chi connectivity index (χ0n) is 11.6. The van der Waals surface area contributed by atoms with E-state index in [0.29, 0.717) is 41.8 Å². The molecule has 1 aromatic rings. The monoisotopic (exact) mass is 285 g/mol. The predicted octanol–water partition coefficient (Wildman–Crippen LogP) is 3.88. The van der Waals surface area contributed by atoms with E-state index in [1.54, 1.807) is 12.1 Å². The summed E-state index contributed by atoms with van der Waals surface area (Å²) in [6, 6.07) is 3.40. The van der Waals surface area contributed by atoms with E-state index in [2.05, 4.69) is 5.32 Å². The van der Waals surface area contributed by atoms with E-state index >= 15 is 0 Å². The normalized spacial score (nSPS) is 10.1. The standard InChI is InChI=1S/C14H20ClNO3/c1-4-7-13(17)16-10-8-11(15)14(19-6-3)12(9-10)18-5-2/h8-9H,4-7H2,1-3H3,(H,16,17). The zero-order valence-corrected chi connectivity index (χ0v) is 12.3. The topological polar surface area (TPSA) is 47.6 Å². The van der Waals surface area contributed by atoms with Gasteiger partial charge in [-0.25, -0.2) is 0 Å². The van der Waals surface area contributed by atoms with Gasteiger partial charge in [-0.1, -0.05) is 18.5 Å². The molecule has 0 saturated heterocycles. The summed E-state index contributed by atoms with van der Waals surface area (Å²) in [5.74, 6) is 1.02. The number of carbonyl (C=O) groups is 1. The van der Waals surface area contributed by atoms with E-state index < -0.39 is 0 Å². The summed E-state index contributed by atoms with van der Waals surface area (Å²) in [7, 11) is 0. The molecule has 4 nitrogen and oxygen atoms in total. The Bertz CT molecular complexity index is 435. The first kappa shape index (κ1) is 15.6. The van der Waals surface area contributed by atoms with Crippen molar-refractivity contribution in [3.05, 3.63) is 17.2 Å². The first-order valence-electron chi connectivity index (χ1n) is 6.51. The van der Waals surface area contributed by atoms with Crippen LogP contribution in [0.3, 0.4) is 0 Å². The number of hydrogen-bond donors (Lipinski definition) is 1. The maximum atomic E-state index is 11.6. The second-order valence-electron chi connectivity index (χ2n) is 3.95. The molecule has 1 amide bonds. The van der Waals surface area contributed by atoms with Crippen molar-refractivity contribution in [1.29, 1.82) is 0 Å². The zero-order chi connectivity index (χ0) is 14.3. The molecule has 1 rings (SSSR count). The minimum absolute atomic E-state index is 0.0369. The molecule has 1 N–H and O–H groups in total. The molecule has 0 aliphatic carbocycles. The Hall–Kier alpha value is -1.42. The van der Waals surface area contributed by atoms with E-state index in [1.165, 1.54) is 0 Å². The fourth-order valence-electron chi connectivity index (χ4n) is 1.64. The quantitative estimate of drug-likeness (QED) is 0.827. The molecular formula is C14H20ClNO3. The Morgan fingerprint density at radius 2 is 1.89 bits per heavy atom. The van der Waals surface area contributed by atoms with Gasteiger partial charge in [0.2, 0.25) is 5.91 Å². The van der Waals surface area contributed by atoms with Crippen molar-refractivity contribution in [2.45, 2.75) is 33.6 Å². The molecule has 0 aliphatic heterocycles. The summed E-state index contributed by atoms with van der Waals surface area (Å²) in [6.45, 7) is 6.72. The third-order valence-electron chi connectivity index (χ3n) is 2.36. The average Bonchev–Trinajstić information content (AvgIpc) is 2.34. The van der Waals surface area contributed by atoms with E-state index in [9.17, 15) is 4.79 Å². The SMILES string of the molecule is CCCC(=O)Nc1cc(Cl)c(OCC)c(OCC)c1. The fourth-order valence-corrected chi connectivity index (χ4v) is 1.90. The van der Waals surface area contributed by atoms with E-state index in [4.69, 9.17) is 21.1 Å². The number of ether oxygens (including phenoxy) is 2. The number of amides is 1. The van der Waals surface area contributed by atoms with Gasteiger partial charge in [0.25, 0.3) is 0 Å². The molecule has 0 bridgehead atoms. The van der Waals surface area contributed by atoms with Crippen molar-refractivity contribution in [2.75, 3.05) is 18.5 Å². The number of nitrogens with one attached hydrogen (secondary N) is 1. The molecule has 5 heteroatoms. The van der Waals surface area contributed by atoms with E-state index in [-0.39, 0.29) is 5.91 Å². The smallest absolute Gasteiger partial charge is 0.224 e. The van der Waals surface area contributed by atoms with Crippen LogP contribution in [-0.2, 0) is 4.79 Å². The molecule has 0 unspecified atom stereocenters. The minimum atomic E-state index is -0.0369. The number of rotatable bonds is 7. The van der Waals surface area contributed by atoms with E-state index in [0.717, 1.165) is 6.42 Å². The van der Waals surface area contributed by atoms with Crippen LogP contribution >= 0.6 is 11.6 Å². The third kappa shape index (κ3) is 4.63. The minimum Gasteiger partial charge on any atom is -0.490 e. The lowest BCUT2D eigenvalue weighted by atomic mass is 10.2. The van der Waals surface area contributed by atoms with Gasteiger partial charge in [0.15, 0.2) is 11.5 Å². The van der Waals surface area contributed by atoms with Crippen LogP contribution in [-0.4, -0.2) is 19.1 Å². The summed E-state index contributed by atoms with van der Waals surface area (Å²) in [6.07, 6.45) is 1.28. The van der Waals surface area contributed by atoms with Gasteiger partial charge in [0.05, 0.1) is 18.2 Å². The first-order chi connectivity index (χ1) is 9.12. The Morgan fingerprint density at radius 3 is 2.47 bits per heavy atom. The van der Waals surface area contributed by atoms with Crippen molar-refractivity contribution < 1.29 is 14.3 Å². The number of halogens is 1. The highest BCUT2D eigenvalue weighted by Gasteiger charge is 2.13. The van der Waals surface area contributed by atoms with E-state index in [1.807, 2.05) is 20.8 Å². The molecule has 0 fully saturated rings. The highest BCUT2D eigenvalue weighted by molar-refractivity contribution is 6.32. The van der Waals surface area contributed by atoms with Crippen LogP contribution in [0.1, 0.15) is 33.6 Å². The van der Waals surface area contributed by atoms with Gasteiger partial charge in [-0.2, -0.15) is 0 Å². The van der Waals surface area contributed by atoms with Gasteiger partial charge >= 0.3 is 0 Å². The largest absolute Gasteiger partial charge is 0.490 e. The average molecular weight is 286 g/mol. The molecule has 106 valence electrons. The lowest BCUT2D eigenvalue weighted by molar-refractivity contribution is -0.116. The van der Waals surface area contributed by atoms with Crippen LogP contribution in [0.2, 0.25) is 5.02 Å². The van der Waals surface area contributed by atoms with Crippen LogP contribution in [0.5, 0.6) is 11.5 Å². The number of anilines is 1. The van der Waals surface area contributed by atoms with Crippen molar-refractivity contribution in [1.82, 2.24) is 0 Å². The molecule has 0 heterocycles. The molecule has 0 spiro atoms. The van der Waals surface area contributed by atoms with Crippen LogP contribution in [0.4, 0.5) is 5.69 Å². The molecule has 19 heavy (non-hydrogen) atoms. The van der Waals surface area contributed by atoms with Crippen molar-refractivity contribution in [3.63, 3.8) is 0 Å². The van der Waals surface area contributed by atoms with Crippen LogP contribution in [0.15, 0.2) is 12.1 Å². The first-order valence-corrected chi connectivity index (χ1v) is 6.89. The molecule has 0 saturated carbocycles. The molecule has 0 radical (unpaired) electrons. The van der Waals surface area contributed by atoms with Crippen molar-refractivity contribution in [2.24, 2.45) is 0 Å². The van der Waals surface area contributed by atoms with Gasteiger partial charge in [-0.05, 0) is 26.3 Å². The van der Waals surface area contributed by atoms with Crippen molar-refractivity contribution in [3.8, 4) is 11.5 Å². The Kier molecular flexibility index (Phi) is 6.50. The maximum absolute atomic E-state index is 11.6. The lowest BCUT2D eigenvalue weighted by Crippen LogP contribution is -2.11. The van der Waals surface area contributed by atoms with Crippen LogP contribution in [0, 0.1) is 0 Å². The molecule has 1 aromatic carbocycles. The van der Waals surface area contributed by atoms with Crippen LogP contribution < -0.4 is 14.8 Å². The number of carbonyl (C=O) groups excluding carboxylic acids is 1. The van der Waals surface area contributed by atoms with Crippen molar-refractivity contribution >= 4 is 23.2 Å². The van der Waals surface area contributed by atoms with Gasteiger partial charge in [-0.3, -0.25) is 4.79 Å². The Labute approximate surface area is 119 Å². The Morgan fingerprint density at radius 1 is 1.21 bits per heavy atom. The molecular weight excluding hydrogens is 266 g/mol. The second-order valence-corrected chi connectivity index (χ2v) is 4.36. The fraction of sp³-hybridized carbons (Fsp3) is 0.500. The molecule has 0 aliphatic rings. The van der Waals surface area contributed by atoms with Gasteiger partial charge in [-0.15, -0.1) is 0 Å². The highest BCUT2D eigenvalue weighted by Crippen LogP contribution is 2.38. The highest BCUT2D eigenvalue weighted by atomic mass is 35.5. The van der Waals surface area contributed by atoms with Gasteiger partial charge < -0.3 is 14.8 Å². The summed E-state index contributed by atoms with van der Waals surface area (Å²) >= 11 is 6.15. The van der Waals surface area contributed by atoms with Crippen LogP contribution in [0.25, 0.3) is 0 Å². The summed E-state index contributed by atoms with van der Waals surface area (Å²) in [4.78, 5) is 11.6. The maximum Gasteiger partial charge on any atom is 0.224 e. The number of hydrogen-bond acceptors (Lipinski definition) is 3. The molecule has 0 atom stereocenters. The lowest BCUT2D eigenvalue weighted by Gasteiger charge is -2.14. The Balaban J connectivity index is 2.98. The summed E-state index contributed by atoms with van der Waals surface area (Å²) in [5, 5.41) is 3.22. The molecule has 0 aromatic heterocycles. The van der Waals surface area contributed by atoms with Gasteiger partial charge in [0.1, 0.15) is 0 Å². The summed E-state index contributed by atoms with van der Waals surface area (Å²) in [5.41, 5.74) is 0.621. The second kappa shape index (κ2) is 7.89. The van der Waals surface area contributed by atoms with Gasteiger partial charge in [0, 0.05) is 18.2 Å². The number of benzene rings is 1.